The molecule has 1 unspecified atom stereocenters. The van der Waals surface area contributed by atoms with E-state index >= 15 is 0 Å². The van der Waals surface area contributed by atoms with Gasteiger partial charge >= 0.3 is 5.97 Å². The van der Waals surface area contributed by atoms with Gasteiger partial charge in [-0.2, -0.15) is 0 Å². The zero-order chi connectivity index (χ0) is 10.4. The Morgan fingerprint density at radius 3 is 2.38 bits per heavy atom. The van der Waals surface area contributed by atoms with Crippen LogP contribution in [-0.2, 0) is 9.59 Å². The predicted molar refractivity (Wildman–Crippen MR) is 49.6 cm³/mol. The van der Waals surface area contributed by atoms with Crippen LogP contribution in [0, 0.1) is 0 Å². The first-order valence-electron chi connectivity index (χ1n) is 3.44. The van der Waals surface area contributed by atoms with E-state index < -0.39 is 17.9 Å². The molecule has 0 radical (unpaired) electrons. The maximum atomic E-state index is 10.5. The number of aliphatic carboxylic acids is 1. The third-order valence-corrected chi connectivity index (χ3v) is 1.49. The minimum absolute atomic E-state index is 0.0170. The van der Waals surface area contributed by atoms with Crippen molar-refractivity contribution in [3.63, 3.8) is 0 Å². The Balaban J connectivity index is 4.19. The molecule has 0 heterocycles. The van der Waals surface area contributed by atoms with Crippen LogP contribution < -0.4 is 5.32 Å². The number of rotatable bonds is 4. The fraction of sp³-hybridized carbons (Fsp3) is 0.429. The second-order valence-corrected chi connectivity index (χ2v) is 3.33. The first-order valence-corrected chi connectivity index (χ1v) is 4.20. The summed E-state index contributed by atoms with van der Waals surface area (Å²) in [5, 5.41) is 10.8. The molecule has 0 fully saturated rings. The van der Waals surface area contributed by atoms with Crippen molar-refractivity contribution >= 4 is 35.1 Å². The number of hydrogen-bond donors (Lipinski definition) is 2. The first-order chi connectivity index (χ1) is 5.93. The van der Waals surface area contributed by atoms with Crippen LogP contribution in [0.25, 0.3) is 0 Å². The molecule has 0 aliphatic carbocycles. The summed E-state index contributed by atoms with van der Waals surface area (Å²) < 4.78 is -0.0170. The van der Waals surface area contributed by atoms with Crippen LogP contribution >= 0.6 is 23.2 Å². The summed E-state index contributed by atoms with van der Waals surface area (Å²) in [6.07, 6.45) is 1.38. The summed E-state index contributed by atoms with van der Waals surface area (Å²) in [5.41, 5.74) is 0. The fourth-order valence-electron chi connectivity index (χ4n) is 0.674. The number of carbonyl (C=O) groups is 2. The molecule has 0 aromatic carbocycles. The third kappa shape index (κ3) is 6.42. The van der Waals surface area contributed by atoms with Crippen molar-refractivity contribution in [3.8, 4) is 0 Å². The molecule has 0 spiro atoms. The van der Waals surface area contributed by atoms with Crippen molar-refractivity contribution in [1.82, 2.24) is 5.32 Å². The van der Waals surface area contributed by atoms with Crippen molar-refractivity contribution in [2.75, 3.05) is 0 Å². The van der Waals surface area contributed by atoms with E-state index in [2.05, 4.69) is 5.32 Å². The van der Waals surface area contributed by atoms with Gasteiger partial charge < -0.3 is 10.4 Å². The van der Waals surface area contributed by atoms with E-state index in [0.29, 0.717) is 0 Å². The molecule has 0 rings (SSSR count). The lowest BCUT2D eigenvalue weighted by Gasteiger charge is -2.09. The molecule has 4 nitrogen and oxygen atoms in total. The monoisotopic (exact) mass is 225 g/mol. The molecule has 0 saturated heterocycles. The molecule has 0 aromatic heterocycles. The largest absolute Gasteiger partial charge is 0.480 e. The Morgan fingerprint density at radius 2 is 2.08 bits per heavy atom. The third-order valence-electron chi connectivity index (χ3n) is 1.18. The first kappa shape index (κ1) is 12.3. The fourth-order valence-corrected chi connectivity index (χ4v) is 0.852. The minimum Gasteiger partial charge on any atom is -0.480 e. The second kappa shape index (κ2) is 5.83. The summed E-state index contributed by atoms with van der Waals surface area (Å²) in [6.45, 7) is 1.24. The van der Waals surface area contributed by atoms with Crippen LogP contribution in [0.2, 0.25) is 0 Å². The quantitative estimate of drug-likeness (QED) is 0.758. The molecular weight excluding hydrogens is 217 g/mol. The normalized spacial score (nSPS) is 11.6. The maximum absolute atomic E-state index is 10.5. The molecule has 0 aliphatic heterocycles. The highest BCUT2D eigenvalue weighted by Crippen LogP contribution is 2.08. The SMILES string of the molecule is CC(=O)NC(CC=C(Cl)Cl)C(=O)O. The van der Waals surface area contributed by atoms with Gasteiger partial charge in [-0.1, -0.05) is 29.3 Å². The van der Waals surface area contributed by atoms with E-state index in [1.54, 1.807) is 0 Å². The van der Waals surface area contributed by atoms with Crippen molar-refractivity contribution in [2.45, 2.75) is 19.4 Å². The summed E-state index contributed by atoms with van der Waals surface area (Å²) in [4.78, 5) is 21.1. The standard InChI is InChI=1S/C7H9Cl2NO3/c1-4(11)10-5(7(12)13)2-3-6(8)9/h3,5H,2H2,1H3,(H,10,11)(H,12,13). The average molecular weight is 226 g/mol. The zero-order valence-corrected chi connectivity index (χ0v) is 8.39. The second-order valence-electron chi connectivity index (χ2n) is 2.32. The summed E-state index contributed by atoms with van der Waals surface area (Å²) in [6, 6.07) is -0.981. The van der Waals surface area contributed by atoms with E-state index in [1.165, 1.54) is 13.0 Å². The van der Waals surface area contributed by atoms with Gasteiger partial charge in [0.05, 0.1) is 0 Å². The van der Waals surface area contributed by atoms with E-state index in [0.717, 1.165) is 0 Å². The number of nitrogens with one attached hydrogen (secondary N) is 1. The van der Waals surface area contributed by atoms with Gasteiger partial charge in [-0.05, 0) is 6.42 Å². The van der Waals surface area contributed by atoms with Gasteiger partial charge in [-0.25, -0.2) is 4.79 Å². The summed E-state index contributed by atoms with van der Waals surface area (Å²) >= 11 is 10.6. The highest BCUT2D eigenvalue weighted by atomic mass is 35.5. The van der Waals surface area contributed by atoms with Crippen LogP contribution in [0.3, 0.4) is 0 Å². The zero-order valence-electron chi connectivity index (χ0n) is 6.88. The van der Waals surface area contributed by atoms with E-state index in [9.17, 15) is 9.59 Å². The van der Waals surface area contributed by atoms with Crippen molar-refractivity contribution in [2.24, 2.45) is 0 Å². The number of amides is 1. The maximum Gasteiger partial charge on any atom is 0.326 e. The number of hydrogen-bond acceptors (Lipinski definition) is 2. The topological polar surface area (TPSA) is 66.4 Å². The molecule has 1 amide bonds. The van der Waals surface area contributed by atoms with Gasteiger partial charge in [-0.15, -0.1) is 0 Å². The van der Waals surface area contributed by atoms with Crippen LogP contribution in [0.4, 0.5) is 0 Å². The molecule has 6 heteroatoms. The van der Waals surface area contributed by atoms with E-state index in [-0.39, 0.29) is 10.9 Å². The Morgan fingerprint density at radius 1 is 1.54 bits per heavy atom. The average Bonchev–Trinajstić information content (AvgIpc) is 1.96. The van der Waals surface area contributed by atoms with E-state index in [1.807, 2.05) is 0 Å². The van der Waals surface area contributed by atoms with Gasteiger partial charge in [0.2, 0.25) is 5.91 Å². The molecular formula is C7H9Cl2NO3. The smallest absolute Gasteiger partial charge is 0.326 e. The molecule has 0 aromatic rings. The molecule has 0 saturated carbocycles. The Kier molecular flexibility index (Phi) is 5.50. The summed E-state index contributed by atoms with van der Waals surface area (Å²) in [5.74, 6) is -1.53. The van der Waals surface area contributed by atoms with Crippen molar-refractivity contribution in [3.05, 3.63) is 10.6 Å². The molecule has 74 valence electrons. The Bertz CT molecular complexity index is 236. The molecule has 2 N–H and O–H groups in total. The number of carboxylic acid groups (broad SMARTS) is 1. The lowest BCUT2D eigenvalue weighted by Crippen LogP contribution is -2.39. The van der Waals surface area contributed by atoms with E-state index in [4.69, 9.17) is 28.3 Å². The van der Waals surface area contributed by atoms with Gasteiger partial charge in [0.1, 0.15) is 10.5 Å². The van der Waals surface area contributed by atoms with Crippen LogP contribution in [0.1, 0.15) is 13.3 Å². The molecule has 1 atom stereocenters. The number of carbonyl (C=O) groups excluding carboxylic acids is 1. The number of carboxylic acids is 1. The van der Waals surface area contributed by atoms with Crippen LogP contribution in [0.15, 0.2) is 10.6 Å². The van der Waals surface area contributed by atoms with Crippen LogP contribution in [0.5, 0.6) is 0 Å². The highest BCUT2D eigenvalue weighted by molar-refractivity contribution is 6.55. The van der Waals surface area contributed by atoms with Crippen LogP contribution in [-0.4, -0.2) is 23.0 Å². The van der Waals surface area contributed by atoms with Crippen molar-refractivity contribution in [1.29, 1.82) is 0 Å². The predicted octanol–water partition coefficient (Wildman–Crippen LogP) is 1.28. The molecule has 0 aliphatic rings. The minimum atomic E-state index is -1.12. The van der Waals surface area contributed by atoms with Gasteiger partial charge in [-0.3, -0.25) is 4.79 Å². The van der Waals surface area contributed by atoms with Gasteiger partial charge in [0.25, 0.3) is 0 Å². The lowest BCUT2D eigenvalue weighted by molar-refractivity contribution is -0.141. The highest BCUT2D eigenvalue weighted by Gasteiger charge is 2.16. The Hall–Kier alpha value is -0.740. The van der Waals surface area contributed by atoms with Gasteiger partial charge in [0.15, 0.2) is 0 Å². The summed E-state index contributed by atoms with van der Waals surface area (Å²) in [7, 11) is 0. The lowest BCUT2D eigenvalue weighted by atomic mass is 10.2. The Labute approximate surface area is 85.5 Å². The molecule has 13 heavy (non-hydrogen) atoms. The van der Waals surface area contributed by atoms with Gasteiger partial charge in [0, 0.05) is 6.92 Å². The van der Waals surface area contributed by atoms with Crippen molar-refractivity contribution < 1.29 is 14.7 Å². The molecule has 0 bridgehead atoms. The number of halogens is 2.